The third-order valence-electron chi connectivity index (χ3n) is 3.31. The number of pyridine rings is 1. The number of carbonyl (C=O) groups is 1. The third kappa shape index (κ3) is 19.9. The number of hydrogen-bond donors (Lipinski definition) is 3. The van der Waals surface area contributed by atoms with Gasteiger partial charge in [-0.25, -0.2) is 0 Å². The Morgan fingerprint density at radius 1 is 1.30 bits per heavy atom. The first-order valence-electron chi connectivity index (χ1n) is 8.58. The molecule has 27 heavy (non-hydrogen) atoms. The Balaban J connectivity index is -0.000000333. The van der Waals surface area contributed by atoms with E-state index in [0.29, 0.717) is 5.92 Å². The molecule has 1 aromatic heterocycles. The molecule has 1 unspecified atom stereocenters. The van der Waals surface area contributed by atoms with Gasteiger partial charge in [-0.15, -0.1) is 12.4 Å². The third-order valence-corrected chi connectivity index (χ3v) is 8.66. The van der Waals surface area contributed by atoms with E-state index in [1.165, 1.54) is 11.4 Å². The smallest absolute Gasteiger partial charge is 0.323 e. The van der Waals surface area contributed by atoms with Gasteiger partial charge in [0, 0.05) is 12.4 Å². The second-order valence-corrected chi connectivity index (χ2v) is 15.7. The Labute approximate surface area is 179 Å². The zero-order valence-corrected chi connectivity index (χ0v) is 21.2. The molecule has 0 amide bonds. The number of carboxylic acid groups (broad SMARTS) is 1. The van der Waals surface area contributed by atoms with Gasteiger partial charge in [0.2, 0.25) is 0 Å². The first-order valence-corrected chi connectivity index (χ1v) is 15.6. The fourth-order valence-electron chi connectivity index (χ4n) is 1.18. The van der Waals surface area contributed by atoms with Gasteiger partial charge in [0.15, 0.2) is 0 Å². The predicted octanol–water partition coefficient (Wildman–Crippen LogP) is 4.30. The van der Waals surface area contributed by atoms with E-state index in [2.05, 4.69) is 57.5 Å². The van der Waals surface area contributed by atoms with Crippen molar-refractivity contribution in [1.82, 2.24) is 15.6 Å². The predicted molar refractivity (Wildman–Crippen MR) is 124 cm³/mol. The quantitative estimate of drug-likeness (QED) is 0.481. The summed E-state index contributed by atoms with van der Waals surface area (Å²) in [5.74, 6) is 1.02. The minimum absolute atomic E-state index is 0. The number of aliphatic carboxylic acids is 1. The molecule has 1 atom stereocenters. The van der Waals surface area contributed by atoms with Crippen molar-refractivity contribution in [3.8, 4) is 0 Å². The molecule has 0 bridgehead atoms. The number of hydrogen-bond acceptors (Lipinski definition) is 5. The van der Waals surface area contributed by atoms with Crippen LogP contribution in [0.25, 0.3) is 0 Å². The van der Waals surface area contributed by atoms with Crippen molar-refractivity contribution in [3.63, 3.8) is 0 Å². The number of likely N-dealkylation sites (N-methyl/N-ethyl adjacent to an activating group) is 1. The van der Waals surface area contributed by atoms with Gasteiger partial charge in [-0.05, 0) is 33.0 Å². The second-order valence-electron chi connectivity index (χ2n) is 6.27. The molecule has 8 heteroatoms. The summed E-state index contributed by atoms with van der Waals surface area (Å²) in [7, 11) is 3.76. The zero-order valence-electron chi connectivity index (χ0n) is 17.7. The minimum Gasteiger partial charge on any atom is -0.480 e. The molecular formula is C19H37AsClN3O2S. The Bertz CT molecular complexity index is 464. The molecule has 1 rings (SSSR count). The molecule has 0 fully saturated rings. The molecule has 3 N–H and O–H groups in total. The van der Waals surface area contributed by atoms with E-state index in [4.69, 9.17) is 5.11 Å². The molecule has 1 aromatic rings. The van der Waals surface area contributed by atoms with Gasteiger partial charge < -0.3 is 10.4 Å². The zero-order chi connectivity index (χ0) is 20.6. The van der Waals surface area contributed by atoms with Crippen LogP contribution < -0.4 is 10.6 Å². The van der Waals surface area contributed by atoms with Gasteiger partial charge in [-0.2, -0.15) is 0 Å². The van der Waals surface area contributed by atoms with E-state index in [0.717, 1.165) is 6.54 Å². The SMILES string of the molecule is C=C(NCC)C(C)CS[As](C)C.CNC(C)(C)C(=O)O.Cl.c1ccncc1. The fraction of sp³-hybridized carbons (Fsp3) is 0.579. The van der Waals surface area contributed by atoms with Gasteiger partial charge in [0.1, 0.15) is 5.54 Å². The summed E-state index contributed by atoms with van der Waals surface area (Å²) in [6, 6.07) is 5.72. The number of aromatic nitrogens is 1. The average Bonchev–Trinajstić information content (AvgIpc) is 2.62. The maximum Gasteiger partial charge on any atom is 0.323 e. The maximum absolute atomic E-state index is 10.2. The number of nitrogens with zero attached hydrogens (tertiary/aromatic N) is 1. The molecule has 1 heterocycles. The maximum atomic E-state index is 10.2. The van der Waals surface area contributed by atoms with Crippen LogP contribution in [0.5, 0.6) is 0 Å². The molecule has 0 aliphatic heterocycles. The van der Waals surface area contributed by atoms with Crippen molar-refractivity contribution in [3.05, 3.63) is 42.9 Å². The van der Waals surface area contributed by atoms with E-state index < -0.39 is 25.0 Å². The van der Waals surface area contributed by atoms with Crippen LogP contribution in [0.15, 0.2) is 42.9 Å². The first-order chi connectivity index (χ1) is 12.1. The summed E-state index contributed by atoms with van der Waals surface area (Å²) in [6.45, 7) is 12.6. The summed E-state index contributed by atoms with van der Waals surface area (Å²) in [6.07, 6.45) is 3.50. The molecule has 0 spiro atoms. The molecule has 0 aliphatic rings. The molecule has 0 aromatic carbocycles. The number of halogens is 1. The van der Waals surface area contributed by atoms with Crippen LogP contribution in [-0.4, -0.2) is 54.4 Å². The molecule has 158 valence electrons. The molecular weight excluding hydrogens is 445 g/mol. The second kappa shape index (κ2) is 18.7. The summed E-state index contributed by atoms with van der Waals surface area (Å²) >= 11 is -0.498. The first kappa shape index (κ1) is 31.0. The van der Waals surface area contributed by atoms with Gasteiger partial charge in [-0.1, -0.05) is 6.07 Å². The Hall–Kier alpha value is -0.682. The van der Waals surface area contributed by atoms with Crippen molar-refractivity contribution >= 4 is 41.9 Å². The Morgan fingerprint density at radius 2 is 1.81 bits per heavy atom. The molecule has 0 saturated carbocycles. The van der Waals surface area contributed by atoms with Gasteiger partial charge in [-0.3, -0.25) is 9.78 Å². The van der Waals surface area contributed by atoms with Gasteiger partial charge in [0.25, 0.3) is 0 Å². The summed E-state index contributed by atoms with van der Waals surface area (Å²) in [5.41, 5.74) is 5.15. The van der Waals surface area contributed by atoms with E-state index in [1.54, 1.807) is 33.3 Å². The van der Waals surface area contributed by atoms with Crippen molar-refractivity contribution < 1.29 is 9.90 Å². The number of allylic oxidation sites excluding steroid dienone is 1. The number of carboxylic acids is 1. The molecule has 0 radical (unpaired) electrons. The Morgan fingerprint density at radius 3 is 2.04 bits per heavy atom. The van der Waals surface area contributed by atoms with E-state index in [-0.39, 0.29) is 12.4 Å². The largest absolute Gasteiger partial charge is 0.480 e. The number of nitrogens with one attached hydrogen (secondary N) is 2. The molecule has 5 nitrogen and oxygen atoms in total. The fourth-order valence-corrected chi connectivity index (χ4v) is 5.19. The minimum atomic E-state index is -0.833. The summed E-state index contributed by atoms with van der Waals surface area (Å²) in [4.78, 5) is 14.0. The monoisotopic (exact) mass is 481 g/mol. The van der Waals surface area contributed by atoms with Crippen molar-refractivity contribution in [2.75, 3.05) is 19.3 Å². The topological polar surface area (TPSA) is 74.2 Å². The van der Waals surface area contributed by atoms with Crippen molar-refractivity contribution in [2.24, 2.45) is 5.92 Å². The van der Waals surface area contributed by atoms with Crippen LogP contribution in [0.4, 0.5) is 0 Å². The summed E-state index contributed by atoms with van der Waals surface area (Å²) < 4.78 is 0. The van der Waals surface area contributed by atoms with Crippen LogP contribution in [0.2, 0.25) is 11.4 Å². The van der Waals surface area contributed by atoms with Crippen LogP contribution in [0, 0.1) is 5.92 Å². The van der Waals surface area contributed by atoms with Crippen molar-refractivity contribution in [1.29, 1.82) is 0 Å². The van der Waals surface area contributed by atoms with E-state index in [1.807, 2.05) is 18.2 Å². The standard InChI is InChI=1S/C9H20AsNS.C5H11NO2.C5H5N.ClH/c1-6-11-9(3)8(2)7-12-10(4)5;1-5(2,6-3)4(7)8;1-2-4-6-5-3-1;/h8,11H,3,6-7H2,1-2,4-5H3;6H,1-3H3,(H,7,8);1-5H;1H. The molecule has 0 aliphatic carbocycles. The van der Waals surface area contributed by atoms with E-state index >= 15 is 0 Å². The van der Waals surface area contributed by atoms with Crippen LogP contribution in [0.1, 0.15) is 27.7 Å². The van der Waals surface area contributed by atoms with Gasteiger partial charge >= 0.3 is 90.6 Å². The number of rotatable bonds is 8. The van der Waals surface area contributed by atoms with E-state index in [9.17, 15) is 4.79 Å². The van der Waals surface area contributed by atoms with Crippen LogP contribution >= 0.6 is 22.4 Å². The molecule has 0 saturated heterocycles. The average molecular weight is 482 g/mol. The van der Waals surface area contributed by atoms with Crippen LogP contribution in [-0.2, 0) is 4.79 Å². The van der Waals surface area contributed by atoms with Crippen LogP contribution in [0.3, 0.4) is 0 Å². The van der Waals surface area contributed by atoms with Gasteiger partial charge in [0.05, 0.1) is 0 Å². The Kier molecular flexibility index (Phi) is 21.5. The van der Waals surface area contributed by atoms with Crippen molar-refractivity contribution in [2.45, 2.75) is 44.7 Å². The normalized spacial score (nSPS) is 11.0. The summed E-state index contributed by atoms with van der Waals surface area (Å²) in [5, 5.41) is 14.3.